The molecule has 6 nitrogen and oxygen atoms in total. The number of carbonyl (C=O) groups excluding carboxylic acids is 1. The summed E-state index contributed by atoms with van der Waals surface area (Å²) in [5, 5.41) is 7.38. The normalized spacial score (nSPS) is 25.2. The van der Waals surface area contributed by atoms with Crippen LogP contribution >= 0.6 is 0 Å². The molecule has 0 bridgehead atoms. The number of ether oxygens (including phenoxy) is 2. The van der Waals surface area contributed by atoms with E-state index in [1.54, 1.807) is 0 Å². The molecule has 2 heterocycles. The second-order valence-corrected chi connectivity index (χ2v) is 7.98. The number of rotatable bonds is 3. The molecule has 0 unspecified atom stereocenters. The number of carbonyl (C=O) groups is 1. The number of oxime groups is 1. The third-order valence-electron chi connectivity index (χ3n) is 6.02. The van der Waals surface area contributed by atoms with Gasteiger partial charge in [0.15, 0.2) is 11.5 Å². The van der Waals surface area contributed by atoms with Crippen LogP contribution in [0.15, 0.2) is 53.7 Å². The predicted octanol–water partition coefficient (Wildman–Crippen LogP) is 4.15. The van der Waals surface area contributed by atoms with Crippen LogP contribution in [0.1, 0.15) is 37.7 Å². The molecular weight excluding hydrogens is 368 g/mol. The molecule has 0 aromatic heterocycles. The smallest absolute Gasteiger partial charge is 0.227 e. The highest BCUT2D eigenvalue weighted by Gasteiger charge is 2.44. The summed E-state index contributed by atoms with van der Waals surface area (Å²) in [7, 11) is 0. The quantitative estimate of drug-likeness (QED) is 0.852. The van der Waals surface area contributed by atoms with Gasteiger partial charge in [-0.2, -0.15) is 0 Å². The van der Waals surface area contributed by atoms with Gasteiger partial charge in [-0.1, -0.05) is 35.5 Å². The first kappa shape index (κ1) is 18.0. The van der Waals surface area contributed by atoms with E-state index in [1.165, 1.54) is 0 Å². The molecular formula is C23H24N2O4. The van der Waals surface area contributed by atoms with Gasteiger partial charge in [0, 0.05) is 24.1 Å². The molecule has 1 N–H and O–H groups in total. The lowest BCUT2D eigenvalue weighted by molar-refractivity contribution is -0.123. The highest BCUT2D eigenvalue weighted by atomic mass is 16.7. The van der Waals surface area contributed by atoms with Crippen molar-refractivity contribution in [2.45, 2.75) is 37.7 Å². The molecule has 1 fully saturated rings. The van der Waals surface area contributed by atoms with Gasteiger partial charge in [-0.25, -0.2) is 0 Å². The van der Waals surface area contributed by atoms with Crippen molar-refractivity contribution < 1.29 is 19.1 Å². The van der Waals surface area contributed by atoms with E-state index < -0.39 is 0 Å². The lowest BCUT2D eigenvalue weighted by Gasteiger charge is -2.34. The Bertz CT molecular complexity index is 933. The summed E-state index contributed by atoms with van der Waals surface area (Å²) < 4.78 is 11.1. The molecule has 1 saturated carbocycles. The summed E-state index contributed by atoms with van der Waals surface area (Å²) in [6.45, 7) is 1.09. The van der Waals surface area contributed by atoms with E-state index in [-0.39, 0.29) is 17.4 Å². The summed E-state index contributed by atoms with van der Waals surface area (Å²) in [6.07, 6.45) is 4.09. The zero-order valence-corrected chi connectivity index (χ0v) is 16.2. The zero-order valence-electron chi connectivity index (χ0n) is 16.2. The summed E-state index contributed by atoms with van der Waals surface area (Å²) in [4.78, 5) is 18.7. The lowest BCUT2D eigenvalue weighted by atomic mass is 9.76. The van der Waals surface area contributed by atoms with Crippen LogP contribution in [-0.2, 0) is 9.63 Å². The van der Waals surface area contributed by atoms with E-state index in [4.69, 9.17) is 14.3 Å². The molecule has 1 aliphatic carbocycles. The van der Waals surface area contributed by atoms with Crippen LogP contribution in [0.5, 0.6) is 11.5 Å². The van der Waals surface area contributed by atoms with Crippen LogP contribution in [0.25, 0.3) is 0 Å². The summed E-state index contributed by atoms with van der Waals surface area (Å²) in [5.74, 6) is 1.44. The Labute approximate surface area is 169 Å². The molecule has 3 aliphatic rings. The fraction of sp³-hybridized carbons (Fsp3) is 0.391. The minimum atomic E-state index is -0.251. The van der Waals surface area contributed by atoms with Crippen LogP contribution in [0.3, 0.4) is 0 Å². The molecule has 0 radical (unpaired) electrons. The van der Waals surface area contributed by atoms with Crippen LogP contribution < -0.4 is 14.8 Å². The number of hydrogen-bond acceptors (Lipinski definition) is 5. The van der Waals surface area contributed by atoms with Gasteiger partial charge in [0.2, 0.25) is 5.91 Å². The number of nitrogens with one attached hydrogen (secondary N) is 1. The Kier molecular flexibility index (Phi) is 4.62. The molecule has 0 atom stereocenters. The Morgan fingerprint density at radius 3 is 2.55 bits per heavy atom. The Balaban J connectivity index is 1.18. The van der Waals surface area contributed by atoms with Crippen LogP contribution in [0, 0.1) is 5.92 Å². The Morgan fingerprint density at radius 2 is 1.76 bits per heavy atom. The van der Waals surface area contributed by atoms with E-state index in [0.717, 1.165) is 54.8 Å². The van der Waals surface area contributed by atoms with Gasteiger partial charge < -0.3 is 19.6 Å². The summed E-state index contributed by atoms with van der Waals surface area (Å²) >= 11 is 0. The van der Waals surface area contributed by atoms with Crippen molar-refractivity contribution in [3.8, 4) is 11.5 Å². The minimum Gasteiger partial charge on any atom is -0.486 e. The van der Waals surface area contributed by atoms with Crippen LogP contribution in [-0.4, -0.2) is 30.4 Å². The average molecular weight is 392 g/mol. The Morgan fingerprint density at radius 1 is 1.00 bits per heavy atom. The minimum absolute atomic E-state index is 0.0156. The van der Waals surface area contributed by atoms with Crippen molar-refractivity contribution in [1.29, 1.82) is 0 Å². The van der Waals surface area contributed by atoms with Gasteiger partial charge in [-0.3, -0.25) is 4.79 Å². The number of benzene rings is 2. The number of nitrogens with zero attached hydrogens (tertiary/aromatic N) is 1. The Hall–Kier alpha value is -3.02. The van der Waals surface area contributed by atoms with Crippen LogP contribution in [0.2, 0.25) is 0 Å². The van der Waals surface area contributed by atoms with Crippen LogP contribution in [0.4, 0.5) is 5.69 Å². The van der Waals surface area contributed by atoms with Crippen molar-refractivity contribution in [2.24, 2.45) is 11.1 Å². The number of hydrogen-bond donors (Lipinski definition) is 1. The average Bonchev–Trinajstić information content (AvgIpc) is 3.18. The maximum atomic E-state index is 12.8. The van der Waals surface area contributed by atoms with Crippen molar-refractivity contribution in [2.75, 3.05) is 18.5 Å². The molecule has 1 amide bonds. The standard InChI is InChI=1S/C23H24N2O4/c26-22(24-18-6-7-20-21(14-18)28-13-12-27-20)17-8-10-23(11-9-17)15-19(25-29-23)16-4-2-1-3-5-16/h1-7,14,17H,8-13,15H2,(H,24,26). The van der Waals surface area contributed by atoms with Crippen molar-refractivity contribution in [1.82, 2.24) is 0 Å². The maximum absolute atomic E-state index is 12.8. The molecule has 6 heteroatoms. The highest BCUT2D eigenvalue weighted by molar-refractivity contribution is 6.01. The SMILES string of the molecule is O=C(Nc1ccc2c(c1)OCCO2)C1CCC2(CC1)CC(c1ccccc1)=NO2. The van der Waals surface area contributed by atoms with Gasteiger partial charge in [-0.15, -0.1) is 0 Å². The largest absolute Gasteiger partial charge is 0.486 e. The molecule has 1 spiro atoms. The first-order valence-electron chi connectivity index (χ1n) is 10.2. The van der Waals surface area contributed by atoms with Crippen molar-refractivity contribution >= 4 is 17.3 Å². The van der Waals surface area contributed by atoms with Gasteiger partial charge in [0.05, 0.1) is 5.71 Å². The molecule has 2 aliphatic heterocycles. The molecule has 5 rings (SSSR count). The fourth-order valence-electron chi connectivity index (χ4n) is 4.35. The van der Waals surface area contributed by atoms with Gasteiger partial charge in [0.1, 0.15) is 18.8 Å². The summed E-state index contributed by atoms with van der Waals surface area (Å²) in [5.41, 5.74) is 2.61. The van der Waals surface area contributed by atoms with Gasteiger partial charge >= 0.3 is 0 Å². The number of anilines is 1. The van der Waals surface area contributed by atoms with Gasteiger partial charge in [0.25, 0.3) is 0 Å². The van der Waals surface area contributed by atoms with E-state index in [1.807, 2.05) is 36.4 Å². The van der Waals surface area contributed by atoms with E-state index in [9.17, 15) is 4.79 Å². The third kappa shape index (κ3) is 3.67. The van der Waals surface area contributed by atoms with Crippen molar-refractivity contribution in [3.05, 3.63) is 54.1 Å². The zero-order chi connectivity index (χ0) is 19.7. The third-order valence-corrected chi connectivity index (χ3v) is 6.02. The van der Waals surface area contributed by atoms with Gasteiger partial charge in [-0.05, 0) is 43.4 Å². The molecule has 0 saturated heterocycles. The first-order valence-corrected chi connectivity index (χ1v) is 10.2. The molecule has 2 aromatic carbocycles. The van der Waals surface area contributed by atoms with Crippen molar-refractivity contribution in [3.63, 3.8) is 0 Å². The predicted molar refractivity (Wildman–Crippen MR) is 109 cm³/mol. The number of amides is 1. The van der Waals surface area contributed by atoms with E-state index >= 15 is 0 Å². The fourth-order valence-corrected chi connectivity index (χ4v) is 4.35. The molecule has 150 valence electrons. The lowest BCUT2D eigenvalue weighted by Crippen LogP contribution is -2.37. The second-order valence-electron chi connectivity index (χ2n) is 7.98. The van der Waals surface area contributed by atoms with E-state index in [2.05, 4.69) is 22.6 Å². The maximum Gasteiger partial charge on any atom is 0.227 e. The first-order chi connectivity index (χ1) is 14.2. The summed E-state index contributed by atoms with van der Waals surface area (Å²) in [6, 6.07) is 15.7. The molecule has 2 aromatic rings. The highest BCUT2D eigenvalue weighted by Crippen LogP contribution is 2.42. The monoisotopic (exact) mass is 392 g/mol. The number of fused-ring (bicyclic) bond motifs is 1. The topological polar surface area (TPSA) is 69.2 Å². The van der Waals surface area contributed by atoms with E-state index in [0.29, 0.717) is 19.0 Å². The molecule has 29 heavy (non-hydrogen) atoms. The second kappa shape index (κ2) is 7.43.